The third kappa shape index (κ3) is 3.20. The molecule has 2 aromatic rings. The minimum atomic E-state index is -0.381. The molecule has 2 aliphatic rings. The number of hydrogen-bond donors (Lipinski definition) is 0. The van der Waals surface area contributed by atoms with E-state index in [0.29, 0.717) is 6.54 Å². The summed E-state index contributed by atoms with van der Waals surface area (Å²) in [6.07, 6.45) is 3.67. The second kappa shape index (κ2) is 7.07. The van der Waals surface area contributed by atoms with Gasteiger partial charge in [-0.1, -0.05) is 50.9 Å². The van der Waals surface area contributed by atoms with E-state index in [9.17, 15) is 4.79 Å². The minimum Gasteiger partial charge on any atom is -0.300 e. The zero-order valence-electron chi connectivity index (χ0n) is 16.4. The van der Waals surface area contributed by atoms with Crippen molar-refractivity contribution < 1.29 is 4.79 Å². The lowest BCUT2D eigenvalue weighted by Gasteiger charge is -2.44. The van der Waals surface area contributed by atoms with Crippen molar-refractivity contribution in [2.24, 2.45) is 0 Å². The van der Waals surface area contributed by atoms with Gasteiger partial charge in [-0.15, -0.1) is 0 Å². The van der Waals surface area contributed by atoms with E-state index in [0.717, 1.165) is 33.7 Å². The van der Waals surface area contributed by atoms with Crippen LogP contribution in [0.2, 0.25) is 0 Å². The molecule has 0 N–H and O–H groups in total. The summed E-state index contributed by atoms with van der Waals surface area (Å²) in [6, 6.07) is 4.38. The predicted octanol–water partition coefficient (Wildman–Crippen LogP) is 5.89. The van der Waals surface area contributed by atoms with Gasteiger partial charge in [-0.05, 0) is 65.3 Å². The maximum Gasteiger partial charge on any atom is 0.241 e. The zero-order chi connectivity index (χ0) is 19.3. The summed E-state index contributed by atoms with van der Waals surface area (Å²) in [5.41, 5.74) is 5.35. The number of likely N-dealkylation sites (tertiary alicyclic amines) is 1. The van der Waals surface area contributed by atoms with Gasteiger partial charge in [-0.3, -0.25) is 14.6 Å². The first-order valence-corrected chi connectivity index (χ1v) is 12.2. The Morgan fingerprint density at radius 3 is 2.56 bits per heavy atom. The van der Waals surface area contributed by atoms with Crippen LogP contribution in [-0.2, 0) is 10.3 Å². The van der Waals surface area contributed by atoms with Crippen LogP contribution in [-0.4, -0.2) is 30.4 Å². The Balaban J connectivity index is 1.84. The number of nitrogens with zero attached hydrogens (tertiary/aromatic N) is 2. The van der Waals surface area contributed by atoms with E-state index in [1.165, 1.54) is 35.3 Å². The molecule has 3 heterocycles. The largest absolute Gasteiger partial charge is 0.300 e. The van der Waals surface area contributed by atoms with Gasteiger partial charge in [0.25, 0.3) is 0 Å². The molecule has 1 fully saturated rings. The standard InChI is InChI=1S/C21H26N2OS3/c1-13-10-14(2)18-15(11-13)17-19(26-27-20(17)25)21(3,4)23(18)16(24)12-22-8-6-5-7-9-22/h10-11H,5-9,12H2,1-4H3. The van der Waals surface area contributed by atoms with Gasteiger partial charge in [0, 0.05) is 11.1 Å². The highest BCUT2D eigenvalue weighted by Crippen LogP contribution is 2.53. The lowest BCUT2D eigenvalue weighted by molar-refractivity contribution is -0.121. The van der Waals surface area contributed by atoms with Crippen molar-refractivity contribution in [3.63, 3.8) is 0 Å². The number of anilines is 1. The van der Waals surface area contributed by atoms with Crippen LogP contribution in [0, 0.1) is 17.7 Å². The van der Waals surface area contributed by atoms with Crippen molar-refractivity contribution in [3.05, 3.63) is 32.0 Å². The van der Waals surface area contributed by atoms with Crippen LogP contribution < -0.4 is 4.90 Å². The maximum absolute atomic E-state index is 13.6. The molecule has 27 heavy (non-hydrogen) atoms. The summed E-state index contributed by atoms with van der Waals surface area (Å²) < 4.78 is 0.942. The van der Waals surface area contributed by atoms with Crippen molar-refractivity contribution >= 4 is 44.5 Å². The summed E-state index contributed by atoms with van der Waals surface area (Å²) in [4.78, 5) is 19.2. The van der Waals surface area contributed by atoms with E-state index in [2.05, 4.69) is 49.6 Å². The zero-order valence-corrected chi connectivity index (χ0v) is 18.9. The monoisotopic (exact) mass is 418 g/mol. The highest BCUT2D eigenvalue weighted by atomic mass is 32.9. The van der Waals surface area contributed by atoms with Gasteiger partial charge in [-0.2, -0.15) is 0 Å². The number of carbonyl (C=O) groups is 1. The maximum atomic E-state index is 13.6. The molecule has 6 heteroatoms. The summed E-state index contributed by atoms with van der Waals surface area (Å²) >= 11 is 5.69. The summed E-state index contributed by atoms with van der Waals surface area (Å²) in [7, 11) is 3.39. The second-order valence-corrected chi connectivity index (χ2v) is 11.1. The first kappa shape index (κ1) is 19.2. The van der Waals surface area contributed by atoms with Gasteiger partial charge < -0.3 is 0 Å². The van der Waals surface area contributed by atoms with E-state index in [-0.39, 0.29) is 11.4 Å². The van der Waals surface area contributed by atoms with Gasteiger partial charge >= 0.3 is 0 Å². The molecule has 3 nitrogen and oxygen atoms in total. The average molecular weight is 419 g/mol. The molecule has 0 radical (unpaired) electrons. The second-order valence-electron chi connectivity index (χ2n) is 8.26. The molecule has 1 aromatic carbocycles. The molecule has 0 spiro atoms. The number of rotatable bonds is 2. The van der Waals surface area contributed by atoms with Gasteiger partial charge in [0.2, 0.25) is 5.91 Å². The van der Waals surface area contributed by atoms with Crippen LogP contribution in [0.4, 0.5) is 5.69 Å². The van der Waals surface area contributed by atoms with Gasteiger partial charge in [0.15, 0.2) is 0 Å². The molecule has 0 saturated carbocycles. The molecule has 0 atom stereocenters. The molecule has 2 aliphatic heterocycles. The van der Waals surface area contributed by atoms with Crippen molar-refractivity contribution in [3.8, 4) is 11.1 Å². The first-order chi connectivity index (χ1) is 12.8. The molecule has 0 aliphatic carbocycles. The average Bonchev–Trinajstić information content (AvgIpc) is 3.00. The molecule has 1 amide bonds. The smallest absolute Gasteiger partial charge is 0.241 e. The number of carbonyl (C=O) groups excluding carboxylic acids is 1. The van der Waals surface area contributed by atoms with Crippen LogP contribution in [0.15, 0.2) is 12.1 Å². The SMILES string of the molecule is Cc1cc(C)c2c(c1)-c1c(ssc1=S)C(C)(C)N2C(=O)CN1CCCCC1. The fourth-order valence-corrected chi connectivity index (χ4v) is 7.82. The Labute approximate surface area is 174 Å². The number of piperidine rings is 1. The van der Waals surface area contributed by atoms with Crippen molar-refractivity contribution in [1.82, 2.24) is 4.90 Å². The lowest BCUT2D eigenvalue weighted by Crippen LogP contribution is -2.52. The van der Waals surface area contributed by atoms with Crippen LogP contribution in [0.3, 0.4) is 0 Å². The molecule has 144 valence electrons. The van der Waals surface area contributed by atoms with Crippen molar-refractivity contribution in [2.75, 3.05) is 24.5 Å². The predicted molar refractivity (Wildman–Crippen MR) is 119 cm³/mol. The third-order valence-electron chi connectivity index (χ3n) is 5.74. The molecular formula is C21H26N2OS3. The minimum absolute atomic E-state index is 0.199. The van der Waals surface area contributed by atoms with Crippen molar-refractivity contribution in [2.45, 2.75) is 52.5 Å². The Hall–Kier alpha value is -1.08. The highest BCUT2D eigenvalue weighted by molar-refractivity contribution is 7.80. The number of hydrogen-bond acceptors (Lipinski definition) is 5. The van der Waals surface area contributed by atoms with E-state index in [4.69, 9.17) is 12.2 Å². The molecule has 0 bridgehead atoms. The van der Waals surface area contributed by atoms with E-state index >= 15 is 0 Å². The Morgan fingerprint density at radius 1 is 1.15 bits per heavy atom. The number of amides is 1. The summed E-state index contributed by atoms with van der Waals surface area (Å²) in [5, 5.41) is 0. The fraction of sp³-hybridized carbons (Fsp3) is 0.524. The molecule has 0 unspecified atom stereocenters. The van der Waals surface area contributed by atoms with E-state index < -0.39 is 0 Å². The quantitative estimate of drug-likeness (QED) is 0.449. The fourth-order valence-electron chi connectivity index (χ4n) is 4.54. The van der Waals surface area contributed by atoms with Gasteiger partial charge in [0.1, 0.15) is 3.82 Å². The lowest BCUT2D eigenvalue weighted by atomic mass is 9.85. The number of aryl methyl sites for hydroxylation is 2. The normalized spacial score (nSPS) is 18.9. The van der Waals surface area contributed by atoms with E-state index in [1.807, 2.05) is 0 Å². The molecule has 4 rings (SSSR count). The van der Waals surface area contributed by atoms with Crippen LogP contribution in [0.5, 0.6) is 0 Å². The van der Waals surface area contributed by atoms with Gasteiger partial charge in [0.05, 0.1) is 22.6 Å². The third-order valence-corrected chi connectivity index (χ3v) is 9.07. The van der Waals surface area contributed by atoms with Crippen LogP contribution in [0.25, 0.3) is 11.1 Å². The molecule has 1 aromatic heterocycles. The van der Waals surface area contributed by atoms with Gasteiger partial charge in [-0.25, -0.2) is 0 Å². The Morgan fingerprint density at radius 2 is 1.85 bits per heavy atom. The topological polar surface area (TPSA) is 23.6 Å². The number of benzene rings is 1. The summed E-state index contributed by atoms with van der Waals surface area (Å²) in [5.74, 6) is 0.199. The molecule has 1 saturated heterocycles. The van der Waals surface area contributed by atoms with E-state index in [1.54, 1.807) is 20.7 Å². The molecular weight excluding hydrogens is 392 g/mol. The Kier molecular flexibility index (Phi) is 5.04. The van der Waals surface area contributed by atoms with Crippen LogP contribution in [0.1, 0.15) is 49.1 Å². The van der Waals surface area contributed by atoms with Crippen LogP contribution >= 0.6 is 32.9 Å². The Bertz CT molecular complexity index is 951. The highest BCUT2D eigenvalue weighted by Gasteiger charge is 2.43. The van der Waals surface area contributed by atoms with Crippen molar-refractivity contribution in [1.29, 1.82) is 0 Å². The number of fused-ring (bicyclic) bond motifs is 3. The first-order valence-electron chi connectivity index (χ1n) is 9.61. The summed E-state index contributed by atoms with van der Waals surface area (Å²) in [6.45, 7) is 11.1.